The highest BCUT2D eigenvalue weighted by molar-refractivity contribution is 4.78. The minimum Gasteiger partial charge on any atom is -0.492 e. The second-order valence-electron chi connectivity index (χ2n) is 2.57. The number of rotatable bonds is 4. The summed E-state index contributed by atoms with van der Waals surface area (Å²) >= 11 is 0. The van der Waals surface area contributed by atoms with Gasteiger partial charge in [0.05, 0.1) is 12.7 Å². The third-order valence-electron chi connectivity index (χ3n) is 1.24. The van der Waals surface area contributed by atoms with Crippen LogP contribution < -0.4 is 0 Å². The van der Waals surface area contributed by atoms with Crippen LogP contribution in [0.25, 0.3) is 0 Å². The first kappa shape index (κ1) is 12.2. The standard InChI is InChI=1S/C7H9F5O/c1-3-13-5(6(2,8)9)4-7(10,11)12/h3,5H,1,4H2,2H3. The Kier molecular flexibility index (Phi) is 3.69. The average Bonchev–Trinajstić information content (AvgIpc) is 1.81. The van der Waals surface area contributed by atoms with E-state index in [9.17, 15) is 22.0 Å². The predicted molar refractivity (Wildman–Crippen MR) is 36.4 cm³/mol. The van der Waals surface area contributed by atoms with Gasteiger partial charge in [0.25, 0.3) is 5.92 Å². The Bertz CT molecular complexity index is 169. The molecule has 0 rings (SSSR count). The zero-order valence-electron chi connectivity index (χ0n) is 6.87. The molecule has 0 N–H and O–H groups in total. The van der Waals surface area contributed by atoms with Crippen molar-refractivity contribution in [3.63, 3.8) is 0 Å². The molecule has 1 nitrogen and oxygen atoms in total. The lowest BCUT2D eigenvalue weighted by molar-refractivity contribution is -0.191. The molecule has 1 unspecified atom stereocenters. The molecule has 0 aromatic rings. The molecule has 0 aliphatic carbocycles. The SMILES string of the molecule is C=COC(CC(F)(F)F)C(C)(F)F. The molecule has 0 saturated carbocycles. The number of hydrogen-bond acceptors (Lipinski definition) is 1. The van der Waals surface area contributed by atoms with E-state index in [1.807, 2.05) is 0 Å². The van der Waals surface area contributed by atoms with Gasteiger partial charge in [0, 0.05) is 6.92 Å². The van der Waals surface area contributed by atoms with Crippen LogP contribution in [0.2, 0.25) is 0 Å². The maximum atomic E-state index is 12.4. The molecule has 0 aromatic carbocycles. The van der Waals surface area contributed by atoms with Crippen LogP contribution in [0.3, 0.4) is 0 Å². The lowest BCUT2D eigenvalue weighted by atomic mass is 10.1. The Balaban J connectivity index is 4.35. The average molecular weight is 204 g/mol. The van der Waals surface area contributed by atoms with Gasteiger partial charge in [-0.25, -0.2) is 8.78 Å². The summed E-state index contributed by atoms with van der Waals surface area (Å²) in [7, 11) is 0. The van der Waals surface area contributed by atoms with Crippen molar-refractivity contribution in [1.29, 1.82) is 0 Å². The largest absolute Gasteiger partial charge is 0.492 e. The molecule has 1 atom stereocenters. The molecule has 0 aliphatic heterocycles. The number of hydrogen-bond donors (Lipinski definition) is 0. The molecule has 0 saturated heterocycles. The highest BCUT2D eigenvalue weighted by Gasteiger charge is 2.44. The van der Waals surface area contributed by atoms with Gasteiger partial charge in [0.2, 0.25) is 0 Å². The van der Waals surface area contributed by atoms with E-state index < -0.39 is 24.6 Å². The highest BCUT2D eigenvalue weighted by atomic mass is 19.4. The van der Waals surface area contributed by atoms with Crippen LogP contribution in [-0.2, 0) is 4.74 Å². The minimum atomic E-state index is -4.67. The first-order valence-corrected chi connectivity index (χ1v) is 3.38. The molecule has 0 spiro atoms. The quantitative estimate of drug-likeness (QED) is 0.505. The van der Waals surface area contributed by atoms with Gasteiger partial charge in [0.15, 0.2) is 6.10 Å². The van der Waals surface area contributed by atoms with E-state index in [1.165, 1.54) is 0 Å². The number of halogens is 5. The summed E-state index contributed by atoms with van der Waals surface area (Å²) in [6.45, 7) is 3.29. The van der Waals surface area contributed by atoms with Crippen LogP contribution in [-0.4, -0.2) is 18.2 Å². The summed E-state index contributed by atoms with van der Waals surface area (Å²) < 4.78 is 64.1. The smallest absolute Gasteiger partial charge is 0.392 e. The molecule has 13 heavy (non-hydrogen) atoms. The molecular formula is C7H9F5O. The van der Waals surface area contributed by atoms with E-state index in [0.29, 0.717) is 13.2 Å². The van der Waals surface area contributed by atoms with Crippen molar-refractivity contribution in [2.75, 3.05) is 0 Å². The van der Waals surface area contributed by atoms with Crippen molar-refractivity contribution in [3.8, 4) is 0 Å². The van der Waals surface area contributed by atoms with Crippen LogP contribution in [0.4, 0.5) is 22.0 Å². The first-order valence-electron chi connectivity index (χ1n) is 3.38. The zero-order valence-corrected chi connectivity index (χ0v) is 6.87. The van der Waals surface area contributed by atoms with E-state index in [2.05, 4.69) is 11.3 Å². The van der Waals surface area contributed by atoms with Crippen LogP contribution in [0.5, 0.6) is 0 Å². The topological polar surface area (TPSA) is 9.23 Å². The van der Waals surface area contributed by atoms with E-state index in [-0.39, 0.29) is 0 Å². The molecule has 6 heteroatoms. The van der Waals surface area contributed by atoms with Crippen LogP contribution in [0.15, 0.2) is 12.8 Å². The summed E-state index contributed by atoms with van der Waals surface area (Å²) in [5.74, 6) is -3.54. The summed E-state index contributed by atoms with van der Waals surface area (Å²) in [5, 5.41) is 0. The van der Waals surface area contributed by atoms with Crippen molar-refractivity contribution < 1.29 is 26.7 Å². The molecule has 0 bridgehead atoms. The second-order valence-corrected chi connectivity index (χ2v) is 2.57. The van der Waals surface area contributed by atoms with Gasteiger partial charge >= 0.3 is 6.18 Å². The van der Waals surface area contributed by atoms with Crippen LogP contribution in [0.1, 0.15) is 13.3 Å². The lowest BCUT2D eigenvalue weighted by Crippen LogP contribution is -2.35. The molecule has 0 heterocycles. The molecule has 78 valence electrons. The summed E-state index contributed by atoms with van der Waals surface area (Å²) in [6.07, 6.45) is -7.99. The van der Waals surface area contributed by atoms with Crippen LogP contribution >= 0.6 is 0 Å². The normalized spacial score (nSPS) is 15.2. The predicted octanol–water partition coefficient (Wildman–Crippen LogP) is 3.12. The van der Waals surface area contributed by atoms with Gasteiger partial charge < -0.3 is 4.74 Å². The molecule has 0 fully saturated rings. The van der Waals surface area contributed by atoms with Gasteiger partial charge in [-0.3, -0.25) is 0 Å². The van der Waals surface area contributed by atoms with Gasteiger partial charge in [0.1, 0.15) is 0 Å². The van der Waals surface area contributed by atoms with Gasteiger partial charge in [-0.05, 0) is 0 Å². The molecule has 0 radical (unpaired) electrons. The third kappa shape index (κ3) is 5.43. The fraction of sp³-hybridized carbons (Fsp3) is 0.714. The van der Waals surface area contributed by atoms with E-state index in [4.69, 9.17) is 0 Å². The first-order chi connectivity index (χ1) is 5.67. The van der Waals surface area contributed by atoms with E-state index in [0.717, 1.165) is 0 Å². The highest BCUT2D eigenvalue weighted by Crippen LogP contribution is 2.31. The zero-order chi connectivity index (χ0) is 10.7. The fourth-order valence-electron chi connectivity index (χ4n) is 0.673. The monoisotopic (exact) mass is 204 g/mol. The van der Waals surface area contributed by atoms with Crippen molar-refractivity contribution in [1.82, 2.24) is 0 Å². The number of ether oxygens (including phenoxy) is 1. The molecular weight excluding hydrogens is 195 g/mol. The van der Waals surface area contributed by atoms with Crippen molar-refractivity contribution in [3.05, 3.63) is 12.8 Å². The maximum absolute atomic E-state index is 12.4. The van der Waals surface area contributed by atoms with Gasteiger partial charge in [-0.1, -0.05) is 6.58 Å². The Morgan fingerprint density at radius 3 is 2.00 bits per heavy atom. The van der Waals surface area contributed by atoms with Crippen molar-refractivity contribution in [2.24, 2.45) is 0 Å². The third-order valence-corrected chi connectivity index (χ3v) is 1.24. The minimum absolute atomic E-state index is 0.368. The Hall–Kier alpha value is -0.810. The van der Waals surface area contributed by atoms with E-state index >= 15 is 0 Å². The summed E-state index contributed by atoms with van der Waals surface area (Å²) in [5.41, 5.74) is 0. The summed E-state index contributed by atoms with van der Waals surface area (Å²) in [6, 6.07) is 0. The molecule has 0 aromatic heterocycles. The van der Waals surface area contributed by atoms with E-state index in [1.54, 1.807) is 0 Å². The number of alkyl halides is 5. The molecule has 0 amide bonds. The van der Waals surface area contributed by atoms with Gasteiger partial charge in [-0.15, -0.1) is 0 Å². The van der Waals surface area contributed by atoms with Crippen LogP contribution in [0, 0.1) is 0 Å². The Morgan fingerprint density at radius 2 is 1.77 bits per heavy atom. The Labute approximate surface area is 72.2 Å². The Morgan fingerprint density at radius 1 is 1.31 bits per heavy atom. The van der Waals surface area contributed by atoms with Crippen molar-refractivity contribution in [2.45, 2.75) is 31.5 Å². The second kappa shape index (κ2) is 3.93. The van der Waals surface area contributed by atoms with Crippen molar-refractivity contribution >= 4 is 0 Å². The lowest BCUT2D eigenvalue weighted by Gasteiger charge is -2.23. The molecule has 0 aliphatic rings. The van der Waals surface area contributed by atoms with Gasteiger partial charge in [-0.2, -0.15) is 13.2 Å². The fourth-order valence-corrected chi connectivity index (χ4v) is 0.673. The maximum Gasteiger partial charge on any atom is 0.392 e. The summed E-state index contributed by atoms with van der Waals surface area (Å²) in [4.78, 5) is 0.